The Labute approximate surface area is 152 Å². The van der Waals surface area contributed by atoms with Crippen molar-refractivity contribution in [2.45, 2.75) is 18.7 Å². The highest BCUT2D eigenvalue weighted by molar-refractivity contribution is 5.89. The summed E-state index contributed by atoms with van der Waals surface area (Å²) in [6, 6.07) is 8.33. The maximum absolute atomic E-state index is 12.5. The Kier molecular flexibility index (Phi) is 4.88. The highest BCUT2D eigenvalue weighted by Crippen LogP contribution is 2.35. The lowest BCUT2D eigenvalue weighted by atomic mass is 9.95. The van der Waals surface area contributed by atoms with Gasteiger partial charge >= 0.3 is 12.2 Å². The number of carbonyl (C=O) groups is 1. The topological polar surface area (TPSA) is 79.8 Å². The van der Waals surface area contributed by atoms with Gasteiger partial charge in [-0.2, -0.15) is 13.2 Å². The predicted octanol–water partition coefficient (Wildman–Crippen LogP) is 3.46. The molecule has 1 atom stereocenters. The maximum atomic E-state index is 12.5. The van der Waals surface area contributed by atoms with Gasteiger partial charge in [0, 0.05) is 5.69 Å². The van der Waals surface area contributed by atoms with Crippen LogP contribution < -0.4 is 20.1 Å². The molecule has 1 unspecified atom stereocenters. The summed E-state index contributed by atoms with van der Waals surface area (Å²) in [5, 5.41) is 15.5. The summed E-state index contributed by atoms with van der Waals surface area (Å²) in [5.41, 5.74) is -1.48. The number of urea groups is 1. The average molecular weight is 382 g/mol. The largest absolute Gasteiger partial charge is 0.454 e. The standard InChI is InChI=1S/C18H17F3N2O4/c1-17(25,12-4-7-14-15(8-12)27-10-26-14)9-22-16(24)23-13-5-2-11(3-6-13)18(19,20)21/h2-8,25H,9-10H2,1H3,(H2,22,23,24). The van der Waals surface area contributed by atoms with E-state index < -0.39 is 23.4 Å². The molecule has 3 N–H and O–H groups in total. The molecule has 1 aliphatic rings. The van der Waals surface area contributed by atoms with E-state index in [0.717, 1.165) is 24.3 Å². The molecule has 144 valence electrons. The number of hydrogen-bond donors (Lipinski definition) is 3. The Morgan fingerprint density at radius 1 is 1.07 bits per heavy atom. The third-order valence-electron chi connectivity index (χ3n) is 4.06. The molecule has 0 saturated heterocycles. The summed E-state index contributed by atoms with van der Waals surface area (Å²) < 4.78 is 48.1. The number of halogens is 3. The van der Waals surface area contributed by atoms with Crippen LogP contribution in [0, 0.1) is 0 Å². The molecule has 0 radical (unpaired) electrons. The second-order valence-corrected chi connectivity index (χ2v) is 6.22. The number of aliphatic hydroxyl groups is 1. The van der Waals surface area contributed by atoms with Crippen molar-refractivity contribution >= 4 is 11.7 Å². The van der Waals surface area contributed by atoms with Crippen molar-refractivity contribution in [3.05, 3.63) is 53.6 Å². The number of benzene rings is 2. The number of alkyl halides is 3. The van der Waals surface area contributed by atoms with Gasteiger partial charge in [-0.05, 0) is 48.9 Å². The van der Waals surface area contributed by atoms with Crippen molar-refractivity contribution in [1.82, 2.24) is 5.32 Å². The van der Waals surface area contributed by atoms with Gasteiger partial charge in [-0.1, -0.05) is 6.07 Å². The highest BCUT2D eigenvalue weighted by atomic mass is 19.4. The number of anilines is 1. The normalized spacial score (nSPS) is 15.1. The Hall–Kier alpha value is -2.94. The molecule has 0 spiro atoms. The van der Waals surface area contributed by atoms with Gasteiger partial charge in [0.2, 0.25) is 6.79 Å². The van der Waals surface area contributed by atoms with Crippen molar-refractivity contribution in [2.75, 3.05) is 18.7 Å². The van der Waals surface area contributed by atoms with E-state index >= 15 is 0 Å². The van der Waals surface area contributed by atoms with Crippen LogP contribution in [0.2, 0.25) is 0 Å². The number of nitrogens with one attached hydrogen (secondary N) is 2. The summed E-state index contributed by atoms with van der Waals surface area (Å²) in [6.45, 7) is 1.50. The van der Waals surface area contributed by atoms with Crippen LogP contribution >= 0.6 is 0 Å². The summed E-state index contributed by atoms with van der Waals surface area (Å²) in [7, 11) is 0. The zero-order chi connectivity index (χ0) is 19.7. The lowest BCUT2D eigenvalue weighted by molar-refractivity contribution is -0.137. The first kappa shape index (κ1) is 18.8. The van der Waals surface area contributed by atoms with Crippen molar-refractivity contribution in [1.29, 1.82) is 0 Å². The first-order chi connectivity index (χ1) is 12.6. The average Bonchev–Trinajstić information content (AvgIpc) is 3.07. The molecule has 1 heterocycles. The highest BCUT2D eigenvalue weighted by Gasteiger charge is 2.30. The van der Waals surface area contributed by atoms with Gasteiger partial charge in [-0.25, -0.2) is 4.79 Å². The second-order valence-electron chi connectivity index (χ2n) is 6.22. The van der Waals surface area contributed by atoms with Crippen molar-refractivity contribution in [2.24, 2.45) is 0 Å². The fraction of sp³-hybridized carbons (Fsp3) is 0.278. The first-order valence-electron chi connectivity index (χ1n) is 8.00. The number of rotatable bonds is 4. The van der Waals surface area contributed by atoms with Crippen LogP contribution in [0.3, 0.4) is 0 Å². The Balaban J connectivity index is 1.58. The van der Waals surface area contributed by atoms with Crippen LogP contribution in [-0.4, -0.2) is 24.5 Å². The molecule has 2 aromatic carbocycles. The van der Waals surface area contributed by atoms with E-state index in [4.69, 9.17) is 9.47 Å². The summed E-state index contributed by atoms with van der Waals surface area (Å²) in [5.74, 6) is 1.07. The molecule has 0 aromatic heterocycles. The predicted molar refractivity (Wildman–Crippen MR) is 90.6 cm³/mol. The van der Waals surface area contributed by atoms with E-state index in [0.29, 0.717) is 17.1 Å². The molecule has 1 aliphatic heterocycles. The second kappa shape index (κ2) is 6.99. The van der Waals surface area contributed by atoms with E-state index in [1.807, 2.05) is 0 Å². The molecular weight excluding hydrogens is 365 g/mol. The molecular formula is C18H17F3N2O4. The number of hydrogen-bond acceptors (Lipinski definition) is 4. The summed E-state index contributed by atoms with van der Waals surface area (Å²) >= 11 is 0. The minimum Gasteiger partial charge on any atom is -0.454 e. The van der Waals surface area contributed by atoms with E-state index in [-0.39, 0.29) is 19.0 Å². The molecule has 3 rings (SSSR count). The third kappa shape index (κ3) is 4.43. The molecule has 9 heteroatoms. The number of fused-ring (bicyclic) bond motifs is 1. The van der Waals surface area contributed by atoms with Gasteiger partial charge in [0.15, 0.2) is 11.5 Å². The Morgan fingerprint density at radius 2 is 1.70 bits per heavy atom. The van der Waals surface area contributed by atoms with Gasteiger partial charge < -0.3 is 25.2 Å². The Bertz CT molecular complexity index is 835. The van der Waals surface area contributed by atoms with E-state index in [1.165, 1.54) is 6.92 Å². The zero-order valence-electron chi connectivity index (χ0n) is 14.3. The molecule has 27 heavy (non-hydrogen) atoms. The molecule has 6 nitrogen and oxygen atoms in total. The quantitative estimate of drug-likeness (QED) is 0.757. The van der Waals surface area contributed by atoms with Gasteiger partial charge in [0.1, 0.15) is 5.60 Å². The van der Waals surface area contributed by atoms with Gasteiger partial charge in [0.05, 0.1) is 12.1 Å². The van der Waals surface area contributed by atoms with Crippen LogP contribution in [0.25, 0.3) is 0 Å². The fourth-order valence-electron chi connectivity index (χ4n) is 2.50. The van der Waals surface area contributed by atoms with E-state index in [1.54, 1.807) is 18.2 Å². The minimum atomic E-state index is -4.44. The number of amides is 2. The Morgan fingerprint density at radius 3 is 2.37 bits per heavy atom. The SMILES string of the molecule is CC(O)(CNC(=O)Nc1ccc(C(F)(F)F)cc1)c1ccc2c(c1)OCO2. The minimum absolute atomic E-state index is 0.106. The van der Waals surface area contributed by atoms with Gasteiger partial charge in [0.25, 0.3) is 0 Å². The van der Waals surface area contributed by atoms with Crippen molar-refractivity contribution < 1.29 is 32.5 Å². The molecule has 0 bridgehead atoms. The molecule has 2 amide bonds. The van der Waals surface area contributed by atoms with Crippen LogP contribution in [0.15, 0.2) is 42.5 Å². The van der Waals surface area contributed by atoms with Crippen LogP contribution in [0.5, 0.6) is 11.5 Å². The van der Waals surface area contributed by atoms with Crippen molar-refractivity contribution in [3.8, 4) is 11.5 Å². The molecule has 0 fully saturated rings. The van der Waals surface area contributed by atoms with Crippen LogP contribution in [-0.2, 0) is 11.8 Å². The van der Waals surface area contributed by atoms with Crippen molar-refractivity contribution in [3.63, 3.8) is 0 Å². The van der Waals surface area contributed by atoms with E-state index in [2.05, 4.69) is 10.6 Å². The van der Waals surface area contributed by atoms with Crippen LogP contribution in [0.4, 0.5) is 23.7 Å². The lowest BCUT2D eigenvalue weighted by Gasteiger charge is -2.24. The third-order valence-corrected chi connectivity index (χ3v) is 4.06. The fourth-order valence-corrected chi connectivity index (χ4v) is 2.50. The molecule has 0 saturated carbocycles. The van der Waals surface area contributed by atoms with Crippen LogP contribution in [0.1, 0.15) is 18.1 Å². The zero-order valence-corrected chi connectivity index (χ0v) is 14.3. The van der Waals surface area contributed by atoms with Gasteiger partial charge in [-0.15, -0.1) is 0 Å². The summed E-state index contributed by atoms with van der Waals surface area (Å²) in [6.07, 6.45) is -4.44. The van der Waals surface area contributed by atoms with Gasteiger partial charge in [-0.3, -0.25) is 0 Å². The smallest absolute Gasteiger partial charge is 0.416 e. The summed E-state index contributed by atoms with van der Waals surface area (Å²) in [4.78, 5) is 12.0. The maximum Gasteiger partial charge on any atom is 0.416 e. The number of carbonyl (C=O) groups excluding carboxylic acids is 1. The van der Waals surface area contributed by atoms with E-state index in [9.17, 15) is 23.1 Å². The lowest BCUT2D eigenvalue weighted by Crippen LogP contribution is -2.40. The molecule has 0 aliphatic carbocycles. The monoisotopic (exact) mass is 382 g/mol. The molecule has 2 aromatic rings. The first-order valence-corrected chi connectivity index (χ1v) is 8.00. The number of ether oxygens (including phenoxy) is 2.